The molecule has 0 saturated carbocycles. The highest BCUT2D eigenvalue weighted by Crippen LogP contribution is 2.31. The molecule has 0 amide bonds. The van der Waals surface area contributed by atoms with Gasteiger partial charge in [0, 0.05) is 8.80 Å². The van der Waals surface area contributed by atoms with E-state index in [1.807, 2.05) is 24.3 Å². The van der Waals surface area contributed by atoms with E-state index in [0.29, 0.717) is 5.56 Å². The van der Waals surface area contributed by atoms with E-state index in [4.69, 9.17) is 0 Å². The molecular weight excluding hydrogens is 438 g/mol. The molecule has 0 nitrogen and oxygen atoms in total. The molecule has 0 aromatic heterocycles. The number of allylic oxidation sites excluding steroid dienone is 2. The largest absolute Gasteiger partial charge is 0.204 e. The number of halogens is 2. The number of hydrogen-bond acceptors (Lipinski definition) is 0. The summed E-state index contributed by atoms with van der Waals surface area (Å²) in [6.07, 6.45) is 12.5. The van der Waals surface area contributed by atoms with Crippen molar-refractivity contribution in [1.29, 1.82) is 0 Å². The maximum absolute atomic E-state index is 13.5. The van der Waals surface area contributed by atoms with Crippen LogP contribution in [0.4, 0.5) is 8.78 Å². The average molecular weight is 474 g/mol. The highest BCUT2D eigenvalue weighted by molar-refractivity contribution is 6.59. The first-order valence-electron chi connectivity index (χ1n) is 12.8. The predicted molar refractivity (Wildman–Crippen MR) is 142 cm³/mol. The Morgan fingerprint density at radius 3 is 1.97 bits per heavy atom. The summed E-state index contributed by atoms with van der Waals surface area (Å²) in [5.74, 6) is -0.722. The van der Waals surface area contributed by atoms with Crippen molar-refractivity contribution in [3.8, 4) is 22.3 Å². The fourth-order valence-electron chi connectivity index (χ4n) is 4.96. The Balaban J connectivity index is 1.26. The summed E-state index contributed by atoms with van der Waals surface area (Å²) in [5, 5.41) is 0. The lowest BCUT2D eigenvalue weighted by atomic mass is 9.93. The molecule has 0 spiro atoms. The van der Waals surface area contributed by atoms with Crippen LogP contribution in [0.25, 0.3) is 22.3 Å². The fourth-order valence-corrected chi connectivity index (χ4v) is 7.92. The molecule has 34 heavy (non-hydrogen) atoms. The maximum atomic E-state index is 13.5. The second-order valence-corrected chi connectivity index (χ2v) is 12.6. The van der Waals surface area contributed by atoms with Gasteiger partial charge in [0.25, 0.3) is 0 Å². The molecule has 3 aromatic rings. The smallest absolute Gasteiger partial charge is 0.159 e. The van der Waals surface area contributed by atoms with Gasteiger partial charge in [-0.1, -0.05) is 105 Å². The minimum absolute atomic E-state index is 0.0901. The van der Waals surface area contributed by atoms with Crippen LogP contribution in [0.15, 0.2) is 78.9 Å². The molecular formula is C31H35F2Si. The van der Waals surface area contributed by atoms with Crippen LogP contribution in [0.2, 0.25) is 18.1 Å². The van der Waals surface area contributed by atoms with E-state index in [1.165, 1.54) is 73.5 Å². The van der Waals surface area contributed by atoms with Crippen LogP contribution >= 0.6 is 0 Å². The third-order valence-electron chi connectivity index (χ3n) is 7.15. The second kappa shape index (κ2) is 12.3. The van der Waals surface area contributed by atoms with Crippen LogP contribution in [0.3, 0.4) is 0 Å². The van der Waals surface area contributed by atoms with Crippen LogP contribution in [0, 0.1) is 17.6 Å². The monoisotopic (exact) mass is 473 g/mol. The van der Waals surface area contributed by atoms with Gasteiger partial charge < -0.3 is 0 Å². The van der Waals surface area contributed by atoms with Crippen molar-refractivity contribution in [3.63, 3.8) is 0 Å². The Labute approximate surface area is 205 Å². The van der Waals surface area contributed by atoms with E-state index >= 15 is 0 Å². The number of rotatable bonds is 9. The molecule has 0 aliphatic carbocycles. The van der Waals surface area contributed by atoms with Crippen molar-refractivity contribution in [2.75, 3.05) is 0 Å². The molecule has 3 heteroatoms. The standard InChI is InChI=1S/C31H35F2Si/c1-2-3-4-5-20-34-21-18-25(19-22-34)7-6-24-8-10-26(11-9-24)27-12-14-28(15-13-27)29-16-17-30(32)31(33)23-29/h3-4,8-17,23,25H,2,5-7,18-22H2,1H3. The molecule has 4 rings (SSSR count). The Bertz CT molecular complexity index is 1060. The summed E-state index contributed by atoms with van der Waals surface area (Å²) in [5.41, 5.74) is 5.30. The molecule has 0 bridgehead atoms. The molecule has 0 unspecified atom stereocenters. The Morgan fingerprint density at radius 1 is 0.765 bits per heavy atom. The lowest BCUT2D eigenvalue weighted by Gasteiger charge is -2.27. The lowest BCUT2D eigenvalue weighted by molar-refractivity contribution is 0.437. The normalized spacial score (nSPS) is 15.3. The second-order valence-electron chi connectivity index (χ2n) is 9.55. The molecule has 1 aliphatic rings. The molecule has 1 saturated heterocycles. The van der Waals surface area contributed by atoms with E-state index in [9.17, 15) is 8.78 Å². The zero-order valence-corrected chi connectivity index (χ0v) is 21.2. The van der Waals surface area contributed by atoms with Gasteiger partial charge in [0.05, 0.1) is 0 Å². The van der Waals surface area contributed by atoms with Gasteiger partial charge in [-0.3, -0.25) is 0 Å². The molecule has 0 N–H and O–H groups in total. The fraction of sp³-hybridized carbons (Fsp3) is 0.355. The summed E-state index contributed by atoms with van der Waals surface area (Å²) < 4.78 is 26.7. The van der Waals surface area contributed by atoms with Crippen LogP contribution in [-0.2, 0) is 6.42 Å². The zero-order chi connectivity index (χ0) is 23.8. The SMILES string of the molecule is CCC=CCC[Si]1CCC(CCc2ccc(-c3ccc(-c4ccc(F)c(F)c4)cc3)cc2)CC1. The molecule has 1 heterocycles. The predicted octanol–water partition coefficient (Wildman–Crippen LogP) is 9.49. The number of aryl methyl sites for hydroxylation is 1. The van der Waals surface area contributed by atoms with Crippen LogP contribution in [0.1, 0.15) is 44.6 Å². The maximum Gasteiger partial charge on any atom is 0.159 e. The molecule has 1 fully saturated rings. The number of hydrogen-bond donors (Lipinski definition) is 0. The average Bonchev–Trinajstić information content (AvgIpc) is 2.88. The first-order chi connectivity index (χ1) is 16.6. The molecule has 3 aromatic carbocycles. The minimum atomic E-state index is -0.815. The zero-order valence-electron chi connectivity index (χ0n) is 20.2. The van der Waals surface area contributed by atoms with Crippen LogP contribution in [0.5, 0.6) is 0 Å². The van der Waals surface area contributed by atoms with Crippen molar-refractivity contribution in [3.05, 3.63) is 96.1 Å². The van der Waals surface area contributed by atoms with Gasteiger partial charge in [-0.25, -0.2) is 8.78 Å². The van der Waals surface area contributed by atoms with E-state index in [2.05, 4.69) is 43.3 Å². The Hall–Kier alpha value is -2.52. The van der Waals surface area contributed by atoms with Gasteiger partial charge in [-0.2, -0.15) is 0 Å². The topological polar surface area (TPSA) is 0 Å². The van der Waals surface area contributed by atoms with Crippen molar-refractivity contribution in [1.82, 2.24) is 0 Å². The molecule has 1 radical (unpaired) electrons. The van der Waals surface area contributed by atoms with Gasteiger partial charge in [0.15, 0.2) is 11.6 Å². The van der Waals surface area contributed by atoms with E-state index in [1.54, 1.807) is 6.07 Å². The number of benzene rings is 3. The lowest BCUT2D eigenvalue weighted by Crippen LogP contribution is -2.21. The van der Waals surface area contributed by atoms with E-state index in [-0.39, 0.29) is 8.80 Å². The van der Waals surface area contributed by atoms with Crippen molar-refractivity contribution in [2.45, 2.75) is 63.6 Å². The van der Waals surface area contributed by atoms with Crippen molar-refractivity contribution >= 4 is 8.80 Å². The van der Waals surface area contributed by atoms with Gasteiger partial charge in [0.1, 0.15) is 0 Å². The first-order valence-corrected chi connectivity index (χ1v) is 14.9. The first kappa shape index (κ1) is 24.6. The molecule has 177 valence electrons. The Morgan fingerprint density at radius 2 is 1.35 bits per heavy atom. The van der Waals surface area contributed by atoms with Crippen LogP contribution in [-0.4, -0.2) is 8.80 Å². The third kappa shape index (κ3) is 6.76. The highest BCUT2D eigenvalue weighted by Gasteiger charge is 2.21. The summed E-state index contributed by atoms with van der Waals surface area (Å²) in [4.78, 5) is 0. The summed E-state index contributed by atoms with van der Waals surface area (Å²) >= 11 is 0. The van der Waals surface area contributed by atoms with Crippen LogP contribution < -0.4 is 0 Å². The van der Waals surface area contributed by atoms with Gasteiger partial charge in [-0.15, -0.1) is 0 Å². The minimum Gasteiger partial charge on any atom is -0.204 e. The third-order valence-corrected chi connectivity index (χ3v) is 10.1. The van der Waals surface area contributed by atoms with Gasteiger partial charge >= 0.3 is 0 Å². The summed E-state index contributed by atoms with van der Waals surface area (Å²) in [6.45, 7) is 2.21. The van der Waals surface area contributed by atoms with Gasteiger partial charge in [0.2, 0.25) is 0 Å². The van der Waals surface area contributed by atoms with E-state index < -0.39 is 11.6 Å². The summed E-state index contributed by atoms with van der Waals surface area (Å²) in [7, 11) is -0.0901. The quantitative estimate of drug-likeness (QED) is 0.214. The van der Waals surface area contributed by atoms with Crippen molar-refractivity contribution in [2.24, 2.45) is 5.92 Å². The molecule has 1 aliphatic heterocycles. The Kier molecular flexibility index (Phi) is 8.87. The highest BCUT2D eigenvalue weighted by atomic mass is 28.3. The van der Waals surface area contributed by atoms with Crippen molar-refractivity contribution < 1.29 is 8.78 Å². The molecule has 0 atom stereocenters. The van der Waals surface area contributed by atoms with Gasteiger partial charge in [-0.05, 0) is 71.6 Å². The van der Waals surface area contributed by atoms with E-state index in [0.717, 1.165) is 23.5 Å². The summed E-state index contributed by atoms with van der Waals surface area (Å²) in [6, 6.07) is 25.5.